The maximum atomic E-state index is 13.6. The van der Waals surface area contributed by atoms with E-state index < -0.39 is 10.0 Å². The van der Waals surface area contributed by atoms with Crippen molar-refractivity contribution in [2.45, 2.75) is 57.9 Å². The molecule has 3 rings (SSSR count). The third kappa shape index (κ3) is 5.86. The van der Waals surface area contributed by atoms with Crippen molar-refractivity contribution in [1.82, 2.24) is 5.32 Å². The van der Waals surface area contributed by atoms with Gasteiger partial charge in [-0.3, -0.25) is 9.10 Å². The summed E-state index contributed by atoms with van der Waals surface area (Å²) in [6.45, 7) is 11.8. The van der Waals surface area contributed by atoms with Crippen LogP contribution >= 0.6 is 0 Å². The van der Waals surface area contributed by atoms with Gasteiger partial charge >= 0.3 is 0 Å². The van der Waals surface area contributed by atoms with Crippen molar-refractivity contribution in [3.63, 3.8) is 0 Å². The Morgan fingerprint density at radius 1 is 0.912 bits per heavy atom. The summed E-state index contributed by atoms with van der Waals surface area (Å²) in [5, 5.41) is 2.96. The highest BCUT2D eigenvalue weighted by Crippen LogP contribution is 2.27. The summed E-state index contributed by atoms with van der Waals surface area (Å²) in [6.07, 6.45) is 0. The fourth-order valence-corrected chi connectivity index (χ4v) is 5.24. The number of hydrogen-bond acceptors (Lipinski definition) is 3. The third-order valence-corrected chi connectivity index (χ3v) is 7.71. The molecule has 0 heterocycles. The number of amides is 1. The minimum Gasteiger partial charge on any atom is -0.348 e. The van der Waals surface area contributed by atoms with E-state index in [1.807, 2.05) is 45.0 Å². The highest BCUT2D eigenvalue weighted by Gasteiger charge is 2.28. The van der Waals surface area contributed by atoms with Crippen LogP contribution in [0.25, 0.3) is 0 Å². The molecule has 34 heavy (non-hydrogen) atoms. The lowest BCUT2D eigenvalue weighted by atomic mass is 9.86. The molecule has 0 aliphatic heterocycles. The molecule has 5 nitrogen and oxygen atoms in total. The molecule has 0 fully saturated rings. The summed E-state index contributed by atoms with van der Waals surface area (Å²) in [6, 6.07) is 21.7. The molecule has 1 N–H and O–H groups in total. The van der Waals surface area contributed by atoms with Crippen LogP contribution in [0.2, 0.25) is 0 Å². The van der Waals surface area contributed by atoms with Gasteiger partial charge < -0.3 is 5.32 Å². The summed E-state index contributed by atoms with van der Waals surface area (Å²) in [5.41, 5.74) is 4.45. The largest absolute Gasteiger partial charge is 0.348 e. The predicted octanol–water partition coefficient (Wildman–Crippen LogP) is 5.67. The van der Waals surface area contributed by atoms with Crippen molar-refractivity contribution in [2.24, 2.45) is 0 Å². The highest BCUT2D eigenvalue weighted by molar-refractivity contribution is 7.92. The normalized spacial score (nSPS) is 12.8. The lowest BCUT2D eigenvalue weighted by molar-refractivity contribution is -0.120. The maximum absolute atomic E-state index is 13.6. The first-order valence-corrected chi connectivity index (χ1v) is 12.9. The van der Waals surface area contributed by atoms with Crippen LogP contribution in [0, 0.1) is 13.8 Å². The van der Waals surface area contributed by atoms with E-state index in [-0.39, 0.29) is 28.8 Å². The molecule has 0 saturated carbocycles. The Bertz CT molecular complexity index is 1240. The number of carbonyl (C=O) groups excluding carboxylic acids is 1. The van der Waals surface area contributed by atoms with Crippen LogP contribution in [0.1, 0.15) is 56.0 Å². The maximum Gasteiger partial charge on any atom is 0.264 e. The van der Waals surface area contributed by atoms with Crippen LogP contribution in [0.5, 0.6) is 0 Å². The zero-order chi connectivity index (χ0) is 25.1. The number of hydrogen-bond donors (Lipinski definition) is 1. The summed E-state index contributed by atoms with van der Waals surface area (Å²) < 4.78 is 28.3. The predicted molar refractivity (Wildman–Crippen MR) is 139 cm³/mol. The molecule has 0 aliphatic carbocycles. The van der Waals surface area contributed by atoms with Crippen LogP contribution in [0.3, 0.4) is 0 Å². The van der Waals surface area contributed by atoms with Gasteiger partial charge in [0.2, 0.25) is 5.91 Å². The molecule has 1 amide bonds. The van der Waals surface area contributed by atoms with Crippen LogP contribution < -0.4 is 9.62 Å². The summed E-state index contributed by atoms with van der Waals surface area (Å²) >= 11 is 0. The van der Waals surface area contributed by atoms with Gasteiger partial charge in [0.15, 0.2) is 0 Å². The first-order valence-electron chi connectivity index (χ1n) is 11.4. The number of sulfonamides is 1. The van der Waals surface area contributed by atoms with E-state index in [9.17, 15) is 13.2 Å². The lowest BCUT2D eigenvalue weighted by Crippen LogP contribution is -2.41. The summed E-state index contributed by atoms with van der Waals surface area (Å²) in [4.78, 5) is 13.2. The molecule has 1 atom stereocenters. The number of nitrogens with one attached hydrogen (secondary N) is 1. The molecule has 6 heteroatoms. The second kappa shape index (κ2) is 10.0. The average Bonchev–Trinajstić information content (AvgIpc) is 2.78. The van der Waals surface area contributed by atoms with Crippen LogP contribution in [0.4, 0.5) is 5.69 Å². The molecule has 0 aromatic heterocycles. The number of benzene rings is 3. The minimum absolute atomic E-state index is 0.0450. The molecular weight excluding hydrogens is 444 g/mol. The van der Waals surface area contributed by atoms with Gasteiger partial charge in [-0.15, -0.1) is 0 Å². The van der Waals surface area contributed by atoms with Crippen LogP contribution in [-0.4, -0.2) is 20.9 Å². The Labute approximate surface area is 203 Å². The SMILES string of the molecule is Cc1ccc(S(=O)(=O)N(CC(=O)N[C@@H](C)c2ccc(C(C)(C)C)cc2)c2ccccc2C)cc1. The van der Waals surface area contributed by atoms with E-state index in [1.165, 1.54) is 9.87 Å². The molecule has 180 valence electrons. The zero-order valence-electron chi connectivity index (χ0n) is 20.8. The number of carbonyl (C=O) groups is 1. The molecule has 0 aliphatic rings. The molecule has 3 aromatic rings. The first kappa shape index (κ1) is 25.5. The molecule has 0 radical (unpaired) electrons. The van der Waals surface area contributed by atoms with Crippen LogP contribution in [0.15, 0.2) is 77.7 Å². The van der Waals surface area contributed by atoms with Gasteiger partial charge in [-0.25, -0.2) is 8.42 Å². The average molecular weight is 479 g/mol. The Morgan fingerprint density at radius 2 is 1.50 bits per heavy atom. The van der Waals surface area contributed by atoms with E-state index in [1.54, 1.807) is 36.4 Å². The second-order valence-corrected chi connectivity index (χ2v) is 11.6. The summed E-state index contributed by atoms with van der Waals surface area (Å²) in [5.74, 6) is -0.369. The lowest BCUT2D eigenvalue weighted by Gasteiger charge is -2.26. The van der Waals surface area contributed by atoms with Gasteiger partial charge in [0.25, 0.3) is 10.0 Å². The number of rotatable bonds is 7. The smallest absolute Gasteiger partial charge is 0.264 e. The third-order valence-electron chi connectivity index (χ3n) is 5.93. The zero-order valence-corrected chi connectivity index (χ0v) is 21.6. The second-order valence-electron chi connectivity index (χ2n) is 9.77. The molecule has 0 saturated heterocycles. The van der Waals surface area contributed by atoms with Gasteiger partial charge in [-0.1, -0.05) is 80.9 Å². The standard InChI is InChI=1S/C28H34N2O3S/c1-20-11-17-25(18-12-20)34(32,33)30(26-10-8-7-9-21(26)2)19-27(31)29-22(3)23-13-15-24(16-14-23)28(4,5)6/h7-18,22H,19H2,1-6H3,(H,29,31)/t22-/m0/s1. The van der Waals surface area contributed by atoms with Gasteiger partial charge in [0.1, 0.15) is 6.54 Å². The van der Waals surface area contributed by atoms with E-state index in [2.05, 4.69) is 38.2 Å². The highest BCUT2D eigenvalue weighted by atomic mass is 32.2. The van der Waals surface area contributed by atoms with Crippen molar-refractivity contribution in [1.29, 1.82) is 0 Å². The number of aryl methyl sites for hydroxylation is 2. The van der Waals surface area contributed by atoms with Crippen molar-refractivity contribution in [2.75, 3.05) is 10.8 Å². The fraction of sp³-hybridized carbons (Fsp3) is 0.321. The molecule has 3 aromatic carbocycles. The Balaban J connectivity index is 1.86. The van der Waals surface area contributed by atoms with Crippen molar-refractivity contribution in [3.8, 4) is 0 Å². The van der Waals surface area contributed by atoms with Gasteiger partial charge in [0, 0.05) is 0 Å². The first-order chi connectivity index (χ1) is 15.9. The summed E-state index contributed by atoms with van der Waals surface area (Å²) in [7, 11) is -3.94. The van der Waals surface area contributed by atoms with Crippen LogP contribution in [-0.2, 0) is 20.2 Å². The molecular formula is C28H34N2O3S. The minimum atomic E-state index is -3.94. The molecule has 0 unspecified atom stereocenters. The quantitative estimate of drug-likeness (QED) is 0.475. The Kier molecular flexibility index (Phi) is 7.51. The van der Waals surface area contributed by atoms with Gasteiger partial charge in [-0.05, 0) is 61.1 Å². The molecule has 0 bridgehead atoms. The fourth-order valence-electron chi connectivity index (χ4n) is 3.75. The Morgan fingerprint density at radius 3 is 2.06 bits per heavy atom. The van der Waals surface area contributed by atoms with E-state index in [4.69, 9.17) is 0 Å². The number of para-hydroxylation sites is 1. The van der Waals surface area contributed by atoms with E-state index in [0.29, 0.717) is 5.69 Å². The topological polar surface area (TPSA) is 66.5 Å². The number of nitrogens with zero attached hydrogens (tertiary/aromatic N) is 1. The van der Waals surface area contributed by atoms with Gasteiger partial charge in [0.05, 0.1) is 16.6 Å². The monoisotopic (exact) mass is 478 g/mol. The molecule has 0 spiro atoms. The van der Waals surface area contributed by atoms with Crippen molar-refractivity contribution in [3.05, 3.63) is 95.1 Å². The number of anilines is 1. The van der Waals surface area contributed by atoms with E-state index >= 15 is 0 Å². The van der Waals surface area contributed by atoms with Crippen molar-refractivity contribution >= 4 is 21.6 Å². The van der Waals surface area contributed by atoms with E-state index in [0.717, 1.165) is 16.7 Å². The van der Waals surface area contributed by atoms with Gasteiger partial charge in [-0.2, -0.15) is 0 Å². The Hall–Kier alpha value is -3.12. The van der Waals surface area contributed by atoms with Crippen molar-refractivity contribution < 1.29 is 13.2 Å².